The summed E-state index contributed by atoms with van der Waals surface area (Å²) in [6.45, 7) is 2.52. The second kappa shape index (κ2) is 6.41. The van der Waals surface area contributed by atoms with Crippen molar-refractivity contribution in [2.45, 2.75) is 32.1 Å². The molecule has 1 heterocycles. The fraction of sp³-hybridized carbons (Fsp3) is 0.778. The first-order chi connectivity index (χ1) is 7.64. The van der Waals surface area contributed by atoms with E-state index in [2.05, 4.69) is 0 Å². The Balaban J connectivity index is 0.000000325. The summed E-state index contributed by atoms with van der Waals surface area (Å²) in [6, 6.07) is 0. The summed E-state index contributed by atoms with van der Waals surface area (Å²) in [5, 5.41) is 7.12. The normalized spacial score (nSPS) is 20.3. The zero-order valence-electron chi connectivity index (χ0n) is 9.13. The topological polar surface area (TPSA) is 57.6 Å². The Morgan fingerprint density at radius 3 is 2.06 bits per heavy atom. The molecule has 0 spiro atoms. The van der Waals surface area contributed by atoms with E-state index >= 15 is 0 Å². The van der Waals surface area contributed by atoms with Gasteiger partial charge in [-0.2, -0.15) is 13.2 Å². The molecule has 0 aliphatic carbocycles. The molecule has 1 amide bonds. The number of aliphatic carboxylic acids is 1. The molecule has 0 aromatic rings. The van der Waals surface area contributed by atoms with Crippen LogP contribution in [0.3, 0.4) is 0 Å². The van der Waals surface area contributed by atoms with Gasteiger partial charge in [0.1, 0.15) is 6.17 Å². The summed E-state index contributed by atoms with van der Waals surface area (Å²) >= 11 is 0. The number of alkyl halides is 4. The van der Waals surface area contributed by atoms with E-state index in [9.17, 15) is 22.4 Å². The van der Waals surface area contributed by atoms with Crippen LogP contribution in [0, 0.1) is 0 Å². The largest absolute Gasteiger partial charge is 0.490 e. The molecule has 17 heavy (non-hydrogen) atoms. The lowest BCUT2D eigenvalue weighted by atomic mass is 10.1. The van der Waals surface area contributed by atoms with Crippen LogP contribution in [-0.4, -0.2) is 47.3 Å². The van der Waals surface area contributed by atoms with E-state index in [4.69, 9.17) is 9.90 Å². The maximum Gasteiger partial charge on any atom is 0.490 e. The number of carboxylic acids is 1. The molecule has 0 saturated carbocycles. The quantitative estimate of drug-likeness (QED) is 0.672. The molecule has 1 aliphatic rings. The molecule has 1 saturated heterocycles. The fourth-order valence-electron chi connectivity index (χ4n) is 1.21. The second-order valence-corrected chi connectivity index (χ2v) is 3.51. The molecule has 1 atom stereocenters. The monoisotopic (exact) mass is 259 g/mol. The average Bonchev–Trinajstić information content (AvgIpc) is 2.17. The number of halogens is 4. The van der Waals surface area contributed by atoms with E-state index in [0.717, 1.165) is 13.0 Å². The predicted molar refractivity (Wildman–Crippen MR) is 50.1 cm³/mol. The van der Waals surface area contributed by atoms with Gasteiger partial charge in [-0.1, -0.05) is 0 Å². The third kappa shape index (κ3) is 6.75. The van der Waals surface area contributed by atoms with Gasteiger partial charge < -0.3 is 10.0 Å². The third-order valence-corrected chi connectivity index (χ3v) is 2.05. The summed E-state index contributed by atoms with van der Waals surface area (Å²) in [6.07, 6.45) is -4.46. The maximum atomic E-state index is 12.6. The molecule has 1 aliphatic heterocycles. The maximum absolute atomic E-state index is 12.6. The lowest BCUT2D eigenvalue weighted by Crippen LogP contribution is -2.39. The molecule has 1 unspecified atom stereocenters. The molecule has 1 fully saturated rings. The highest BCUT2D eigenvalue weighted by molar-refractivity contribution is 5.73. The number of hydrogen-bond acceptors (Lipinski definition) is 2. The Labute approximate surface area is 95.2 Å². The van der Waals surface area contributed by atoms with Crippen molar-refractivity contribution in [1.29, 1.82) is 0 Å². The van der Waals surface area contributed by atoms with Crippen molar-refractivity contribution < 1.29 is 32.3 Å². The van der Waals surface area contributed by atoms with Crippen molar-refractivity contribution in [1.82, 2.24) is 4.90 Å². The zero-order valence-corrected chi connectivity index (χ0v) is 9.13. The van der Waals surface area contributed by atoms with Crippen molar-refractivity contribution in [2.24, 2.45) is 0 Å². The van der Waals surface area contributed by atoms with Crippen LogP contribution in [0.2, 0.25) is 0 Å². The van der Waals surface area contributed by atoms with E-state index in [0.29, 0.717) is 13.0 Å². The number of carbonyl (C=O) groups is 2. The van der Waals surface area contributed by atoms with Crippen LogP contribution in [0.4, 0.5) is 17.6 Å². The van der Waals surface area contributed by atoms with Gasteiger partial charge in [-0.25, -0.2) is 9.18 Å². The molecule has 8 heteroatoms. The average molecular weight is 259 g/mol. The highest BCUT2D eigenvalue weighted by atomic mass is 19.4. The van der Waals surface area contributed by atoms with Crippen LogP contribution in [-0.2, 0) is 9.59 Å². The first-order valence-electron chi connectivity index (χ1n) is 4.84. The number of hydrogen-bond donors (Lipinski definition) is 1. The second-order valence-electron chi connectivity index (χ2n) is 3.51. The van der Waals surface area contributed by atoms with Crippen LogP contribution in [0.25, 0.3) is 0 Å². The molecule has 100 valence electrons. The van der Waals surface area contributed by atoms with E-state index in [1.807, 2.05) is 0 Å². The van der Waals surface area contributed by atoms with E-state index in [1.165, 1.54) is 6.92 Å². The summed E-state index contributed by atoms with van der Waals surface area (Å²) in [7, 11) is 0. The number of likely N-dealkylation sites (tertiary alicyclic amines) is 1. The van der Waals surface area contributed by atoms with Gasteiger partial charge in [0.2, 0.25) is 5.91 Å². The van der Waals surface area contributed by atoms with Crippen molar-refractivity contribution in [3.8, 4) is 0 Å². The van der Waals surface area contributed by atoms with E-state index in [-0.39, 0.29) is 5.91 Å². The van der Waals surface area contributed by atoms with Crippen LogP contribution < -0.4 is 0 Å². The Hall–Kier alpha value is -1.34. The minimum atomic E-state index is -5.08. The number of carbonyl (C=O) groups excluding carboxylic acids is 1. The lowest BCUT2D eigenvalue weighted by Gasteiger charge is -2.27. The molecule has 0 radical (unpaired) electrons. The number of amides is 1. The summed E-state index contributed by atoms with van der Waals surface area (Å²) in [5.41, 5.74) is 0. The van der Waals surface area contributed by atoms with Gasteiger partial charge in [0.25, 0.3) is 0 Å². The van der Waals surface area contributed by atoms with Gasteiger partial charge in [0.15, 0.2) is 0 Å². The van der Waals surface area contributed by atoms with Gasteiger partial charge in [0, 0.05) is 13.5 Å². The van der Waals surface area contributed by atoms with E-state index < -0.39 is 18.3 Å². The minimum absolute atomic E-state index is 0.0117. The molecule has 0 aromatic heterocycles. The molecule has 4 nitrogen and oxygen atoms in total. The van der Waals surface area contributed by atoms with E-state index in [1.54, 1.807) is 4.90 Å². The van der Waals surface area contributed by atoms with Crippen molar-refractivity contribution in [2.75, 3.05) is 13.1 Å². The van der Waals surface area contributed by atoms with Gasteiger partial charge in [0.05, 0.1) is 6.54 Å². The molecular formula is C9H13F4NO3. The summed E-state index contributed by atoms with van der Waals surface area (Å²) in [4.78, 5) is 21.2. The molecule has 0 aromatic carbocycles. The predicted octanol–water partition coefficient (Wildman–Crippen LogP) is 1.60. The Bertz CT molecular complexity index is 280. The van der Waals surface area contributed by atoms with Gasteiger partial charge in [-0.15, -0.1) is 0 Å². The highest BCUT2D eigenvalue weighted by Gasteiger charge is 2.38. The number of piperidine rings is 1. The van der Waals surface area contributed by atoms with Crippen molar-refractivity contribution in [3.63, 3.8) is 0 Å². The van der Waals surface area contributed by atoms with Crippen LogP contribution in [0.1, 0.15) is 19.8 Å². The molecule has 1 rings (SSSR count). The summed E-state index contributed by atoms with van der Waals surface area (Å²) in [5.74, 6) is -2.77. The molecule has 0 bridgehead atoms. The Morgan fingerprint density at radius 1 is 1.35 bits per heavy atom. The lowest BCUT2D eigenvalue weighted by molar-refractivity contribution is -0.192. The number of nitrogens with zero attached hydrogens (tertiary/aromatic N) is 1. The van der Waals surface area contributed by atoms with Gasteiger partial charge >= 0.3 is 12.1 Å². The SMILES string of the molecule is CC(=O)N1CCCC(F)C1.O=C(O)C(F)(F)F. The Morgan fingerprint density at radius 2 is 1.82 bits per heavy atom. The van der Waals surface area contributed by atoms with Crippen LogP contribution >= 0.6 is 0 Å². The highest BCUT2D eigenvalue weighted by Crippen LogP contribution is 2.13. The fourth-order valence-corrected chi connectivity index (χ4v) is 1.21. The van der Waals surface area contributed by atoms with Crippen LogP contribution in [0.15, 0.2) is 0 Å². The van der Waals surface area contributed by atoms with Crippen molar-refractivity contribution >= 4 is 11.9 Å². The minimum Gasteiger partial charge on any atom is -0.475 e. The Kier molecular flexibility index (Phi) is 5.90. The first kappa shape index (κ1) is 15.7. The van der Waals surface area contributed by atoms with Gasteiger partial charge in [-0.3, -0.25) is 4.79 Å². The van der Waals surface area contributed by atoms with Crippen LogP contribution in [0.5, 0.6) is 0 Å². The zero-order chi connectivity index (χ0) is 13.6. The van der Waals surface area contributed by atoms with Crippen molar-refractivity contribution in [3.05, 3.63) is 0 Å². The summed E-state index contributed by atoms with van der Waals surface area (Å²) < 4.78 is 44.3. The smallest absolute Gasteiger partial charge is 0.475 e. The number of carboxylic acid groups (broad SMARTS) is 1. The standard InChI is InChI=1S/C7H12FNO.C2HF3O2/c1-6(10)9-4-2-3-7(8)5-9;3-2(4,5)1(6)7/h7H,2-5H2,1H3;(H,6,7). The number of rotatable bonds is 0. The molecular weight excluding hydrogens is 246 g/mol. The molecule has 1 N–H and O–H groups in total. The third-order valence-electron chi connectivity index (χ3n) is 2.05. The first-order valence-corrected chi connectivity index (χ1v) is 4.84. The van der Waals surface area contributed by atoms with Gasteiger partial charge in [-0.05, 0) is 12.8 Å².